The van der Waals surface area contributed by atoms with Crippen LogP contribution in [0.5, 0.6) is 0 Å². The topological polar surface area (TPSA) is 79.2 Å². The van der Waals surface area contributed by atoms with Crippen LogP contribution in [0.2, 0.25) is 5.02 Å². The van der Waals surface area contributed by atoms with E-state index >= 15 is 0 Å². The van der Waals surface area contributed by atoms with Crippen LogP contribution in [0.3, 0.4) is 0 Å². The molecule has 1 aromatic carbocycles. The lowest BCUT2D eigenvalue weighted by Gasteiger charge is -2.31. The molecule has 0 amide bonds. The number of aryl methyl sites for hydroxylation is 2. The number of nitrogens with zero attached hydrogens (tertiary/aromatic N) is 2. The van der Waals surface area contributed by atoms with E-state index in [1.165, 1.54) is 5.56 Å². The Hall–Kier alpha value is -1.83. The maximum absolute atomic E-state index is 12.9. The van der Waals surface area contributed by atoms with E-state index in [1.807, 2.05) is 24.4 Å². The average Bonchev–Trinajstić information content (AvgIpc) is 3.18. The van der Waals surface area contributed by atoms with Crippen molar-refractivity contribution in [3.05, 3.63) is 46.4 Å². The van der Waals surface area contributed by atoms with E-state index < -0.39 is 10.0 Å². The third-order valence-corrected chi connectivity index (χ3v) is 7.51. The van der Waals surface area contributed by atoms with Crippen molar-refractivity contribution in [2.24, 2.45) is 0 Å². The summed E-state index contributed by atoms with van der Waals surface area (Å²) >= 11 is 6.05. The Kier molecular flexibility index (Phi) is 4.33. The largest absolute Gasteiger partial charge is 0.361 e. The number of hydrogen-bond donors (Lipinski definition) is 1. The fraction of sp³-hybridized carbons (Fsp3) is 0.389. The quantitative estimate of drug-likeness (QED) is 0.729. The minimum absolute atomic E-state index is 0.206. The van der Waals surface area contributed by atoms with Gasteiger partial charge in [-0.15, -0.1) is 0 Å². The van der Waals surface area contributed by atoms with Gasteiger partial charge in [-0.1, -0.05) is 22.8 Å². The summed E-state index contributed by atoms with van der Waals surface area (Å²) in [7, 11) is -3.57. The number of hydrogen-bond acceptors (Lipinski definition) is 4. The predicted molar refractivity (Wildman–Crippen MR) is 100 cm³/mol. The van der Waals surface area contributed by atoms with Crippen molar-refractivity contribution in [1.29, 1.82) is 0 Å². The van der Waals surface area contributed by atoms with Gasteiger partial charge < -0.3 is 9.51 Å². The van der Waals surface area contributed by atoms with Gasteiger partial charge in [0.1, 0.15) is 10.6 Å². The van der Waals surface area contributed by atoms with E-state index in [0.717, 1.165) is 23.7 Å². The highest BCUT2D eigenvalue weighted by Gasteiger charge is 2.34. The van der Waals surface area contributed by atoms with Crippen LogP contribution in [-0.2, 0) is 10.0 Å². The molecule has 3 heterocycles. The third-order valence-electron chi connectivity index (χ3n) is 5.14. The van der Waals surface area contributed by atoms with Gasteiger partial charge in [-0.3, -0.25) is 0 Å². The highest BCUT2D eigenvalue weighted by atomic mass is 35.5. The van der Waals surface area contributed by atoms with E-state index in [9.17, 15) is 8.42 Å². The Morgan fingerprint density at radius 1 is 1.27 bits per heavy atom. The number of H-pyrrole nitrogens is 1. The monoisotopic (exact) mass is 393 g/mol. The molecule has 0 unspecified atom stereocenters. The molecule has 1 saturated heterocycles. The zero-order valence-corrected chi connectivity index (χ0v) is 16.2. The van der Waals surface area contributed by atoms with Crippen molar-refractivity contribution < 1.29 is 12.9 Å². The molecule has 1 aliphatic rings. The lowest BCUT2D eigenvalue weighted by Crippen LogP contribution is -2.38. The maximum atomic E-state index is 12.9. The Balaban J connectivity index is 1.55. The number of fused-ring (bicyclic) bond motifs is 1. The van der Waals surface area contributed by atoms with Crippen molar-refractivity contribution in [3.8, 4) is 0 Å². The second-order valence-electron chi connectivity index (χ2n) is 6.77. The van der Waals surface area contributed by atoms with Gasteiger partial charge in [0.15, 0.2) is 5.76 Å². The second-order valence-corrected chi connectivity index (χ2v) is 9.08. The van der Waals surface area contributed by atoms with E-state index in [-0.39, 0.29) is 4.90 Å². The van der Waals surface area contributed by atoms with Gasteiger partial charge in [0.05, 0.1) is 0 Å². The Morgan fingerprint density at radius 3 is 2.65 bits per heavy atom. The summed E-state index contributed by atoms with van der Waals surface area (Å²) in [6, 6.07) is 5.83. The first kappa shape index (κ1) is 17.6. The minimum atomic E-state index is -3.57. The van der Waals surface area contributed by atoms with Gasteiger partial charge in [-0.2, -0.15) is 4.31 Å². The summed E-state index contributed by atoms with van der Waals surface area (Å²) in [5.74, 6) is 0.666. The Morgan fingerprint density at radius 2 is 2.00 bits per heavy atom. The Bertz CT molecular complexity index is 1040. The van der Waals surface area contributed by atoms with Crippen LogP contribution in [0.15, 0.2) is 33.8 Å². The van der Waals surface area contributed by atoms with E-state index in [1.54, 1.807) is 18.2 Å². The first-order valence-corrected chi connectivity index (χ1v) is 10.4. The van der Waals surface area contributed by atoms with Gasteiger partial charge in [0, 0.05) is 35.2 Å². The van der Waals surface area contributed by atoms with Gasteiger partial charge >= 0.3 is 0 Å². The molecule has 2 aromatic heterocycles. The molecule has 0 radical (unpaired) electrons. The van der Waals surface area contributed by atoms with Crippen molar-refractivity contribution in [2.45, 2.75) is 37.5 Å². The first-order valence-electron chi connectivity index (χ1n) is 8.57. The lowest BCUT2D eigenvalue weighted by molar-refractivity contribution is 0.319. The third kappa shape index (κ3) is 2.84. The van der Waals surface area contributed by atoms with Crippen LogP contribution in [-0.4, -0.2) is 36.0 Å². The molecule has 138 valence electrons. The number of rotatable bonds is 3. The summed E-state index contributed by atoms with van der Waals surface area (Å²) in [5.41, 5.74) is 2.66. The number of benzene rings is 1. The van der Waals surface area contributed by atoms with Gasteiger partial charge in [-0.05, 0) is 50.3 Å². The average molecular weight is 394 g/mol. The van der Waals surface area contributed by atoms with Crippen LogP contribution < -0.4 is 0 Å². The number of piperidine rings is 1. The number of halogens is 1. The second kappa shape index (κ2) is 6.40. The van der Waals surface area contributed by atoms with Crippen LogP contribution >= 0.6 is 11.6 Å². The summed E-state index contributed by atoms with van der Waals surface area (Å²) in [6.45, 7) is 4.26. The molecular weight excluding hydrogens is 374 g/mol. The van der Waals surface area contributed by atoms with E-state index in [0.29, 0.717) is 35.5 Å². The smallest absolute Gasteiger partial charge is 0.248 e. The minimum Gasteiger partial charge on any atom is -0.361 e. The number of nitrogens with one attached hydrogen (secondary N) is 1. The molecule has 8 heteroatoms. The first-order chi connectivity index (χ1) is 12.4. The molecule has 6 nitrogen and oxygen atoms in total. The van der Waals surface area contributed by atoms with Crippen molar-refractivity contribution in [1.82, 2.24) is 14.4 Å². The zero-order chi connectivity index (χ0) is 18.5. The lowest BCUT2D eigenvalue weighted by atomic mass is 9.90. The van der Waals surface area contributed by atoms with Crippen molar-refractivity contribution >= 4 is 32.5 Å². The number of aromatic nitrogens is 2. The molecule has 1 N–H and O–H groups in total. The molecule has 0 aliphatic carbocycles. The normalized spacial score (nSPS) is 17.2. The summed E-state index contributed by atoms with van der Waals surface area (Å²) in [5, 5.41) is 5.63. The molecule has 3 aromatic rings. The molecule has 0 bridgehead atoms. The van der Waals surface area contributed by atoms with Gasteiger partial charge in [0.2, 0.25) is 10.0 Å². The number of sulfonamides is 1. The van der Waals surface area contributed by atoms with Crippen LogP contribution in [0.1, 0.15) is 35.8 Å². The highest BCUT2D eigenvalue weighted by molar-refractivity contribution is 7.89. The van der Waals surface area contributed by atoms with E-state index in [2.05, 4.69) is 10.1 Å². The van der Waals surface area contributed by atoms with Crippen LogP contribution in [0.4, 0.5) is 0 Å². The predicted octanol–water partition coefficient (Wildman–Crippen LogP) is 3.99. The fourth-order valence-corrected chi connectivity index (χ4v) is 5.77. The highest BCUT2D eigenvalue weighted by Crippen LogP contribution is 2.36. The molecule has 1 fully saturated rings. The summed E-state index contributed by atoms with van der Waals surface area (Å²) < 4.78 is 32.5. The summed E-state index contributed by atoms with van der Waals surface area (Å²) in [6.07, 6.45) is 3.57. The van der Waals surface area contributed by atoms with Crippen molar-refractivity contribution in [3.63, 3.8) is 0 Å². The Labute approximate surface area is 157 Å². The molecule has 1 aliphatic heterocycles. The fourth-order valence-electron chi connectivity index (χ4n) is 3.84. The van der Waals surface area contributed by atoms with Gasteiger partial charge in [0.25, 0.3) is 0 Å². The molecule has 4 rings (SSSR count). The van der Waals surface area contributed by atoms with E-state index in [4.69, 9.17) is 16.1 Å². The molecule has 26 heavy (non-hydrogen) atoms. The van der Waals surface area contributed by atoms with Crippen LogP contribution in [0.25, 0.3) is 10.9 Å². The standard InChI is InChI=1S/C18H20ClN3O3S/c1-11-18(12(2)25-21-11)26(23,24)22-7-5-13(6-8-22)16-10-20-17-9-14(19)3-4-15(16)17/h3-4,9-10,13,20H,5-8H2,1-2H3. The van der Waals surface area contributed by atoms with Gasteiger partial charge in [-0.25, -0.2) is 8.42 Å². The molecule has 0 saturated carbocycles. The number of aromatic amines is 1. The maximum Gasteiger partial charge on any atom is 0.248 e. The SMILES string of the molecule is Cc1noc(C)c1S(=O)(=O)N1CCC(c2c[nH]c3cc(Cl)ccc23)CC1. The van der Waals surface area contributed by atoms with Crippen LogP contribution in [0, 0.1) is 13.8 Å². The molecular formula is C18H20ClN3O3S. The van der Waals surface area contributed by atoms with Crippen molar-refractivity contribution in [2.75, 3.05) is 13.1 Å². The zero-order valence-electron chi connectivity index (χ0n) is 14.6. The summed E-state index contributed by atoms with van der Waals surface area (Å²) in [4.78, 5) is 3.47. The molecule has 0 spiro atoms. The molecule has 0 atom stereocenters.